The van der Waals surface area contributed by atoms with E-state index in [-0.39, 0.29) is 12.5 Å². The number of aliphatic imine (C=N–C) groups is 1. The number of carbonyl (C=O) groups is 1. The number of pyridine rings is 1. The molecule has 0 radical (unpaired) electrons. The van der Waals surface area contributed by atoms with E-state index in [4.69, 9.17) is 4.74 Å². The number of rotatable bonds is 5. The van der Waals surface area contributed by atoms with Crippen molar-refractivity contribution in [3.8, 4) is 5.88 Å². The van der Waals surface area contributed by atoms with Gasteiger partial charge in [0.25, 0.3) is 0 Å². The highest BCUT2D eigenvalue weighted by atomic mass is 16.5. The van der Waals surface area contributed by atoms with E-state index in [2.05, 4.69) is 20.4 Å². The van der Waals surface area contributed by atoms with Crippen molar-refractivity contribution >= 4 is 17.6 Å². The van der Waals surface area contributed by atoms with Gasteiger partial charge in [-0.3, -0.25) is 14.5 Å². The summed E-state index contributed by atoms with van der Waals surface area (Å²) >= 11 is 0. The maximum Gasteiger partial charge on any atom is 0.246 e. The molecule has 0 atom stereocenters. The minimum atomic E-state index is 0.0275. The van der Waals surface area contributed by atoms with E-state index < -0.39 is 0 Å². The van der Waals surface area contributed by atoms with Crippen LogP contribution in [0.25, 0.3) is 0 Å². The summed E-state index contributed by atoms with van der Waals surface area (Å²) in [5, 5.41) is 7.45. The van der Waals surface area contributed by atoms with E-state index in [0.717, 1.165) is 11.3 Å². The Morgan fingerprint density at radius 1 is 1.41 bits per heavy atom. The first-order chi connectivity index (χ1) is 13.1. The standard InChI is InChI=1S/C18H25N7O2/c1-4-27-16-9-14(5-6-20-16)10-21-18(19-2)24-7-8-25(17(26)13-24)15-11-22-23(3)12-15/h5-6,9,11-12H,4,7-8,10,13H2,1-3H3,(H,19,21). The van der Waals surface area contributed by atoms with Gasteiger partial charge >= 0.3 is 0 Å². The van der Waals surface area contributed by atoms with Crippen molar-refractivity contribution < 1.29 is 9.53 Å². The van der Waals surface area contributed by atoms with Crippen LogP contribution in [0.2, 0.25) is 0 Å². The maximum atomic E-state index is 12.6. The SMILES string of the molecule is CCOc1cc(CNC(=NC)N2CCN(c3cnn(C)c3)C(=O)C2)ccn1. The van der Waals surface area contributed by atoms with Gasteiger partial charge in [0.05, 0.1) is 18.5 Å². The van der Waals surface area contributed by atoms with Gasteiger partial charge in [0.15, 0.2) is 5.96 Å². The summed E-state index contributed by atoms with van der Waals surface area (Å²) in [6, 6.07) is 3.82. The highest BCUT2D eigenvalue weighted by molar-refractivity contribution is 5.98. The molecule has 0 aliphatic carbocycles. The average molecular weight is 371 g/mol. The Hall–Kier alpha value is -3.10. The normalized spacial score (nSPS) is 15.2. The van der Waals surface area contributed by atoms with Crippen molar-refractivity contribution in [2.75, 3.05) is 38.2 Å². The van der Waals surface area contributed by atoms with Crippen molar-refractivity contribution in [2.45, 2.75) is 13.5 Å². The molecule has 0 bridgehead atoms. The minimum Gasteiger partial charge on any atom is -0.478 e. The van der Waals surface area contributed by atoms with Gasteiger partial charge in [0, 0.05) is 52.2 Å². The minimum absolute atomic E-state index is 0.0275. The quantitative estimate of drug-likeness (QED) is 0.613. The fourth-order valence-electron chi connectivity index (χ4n) is 2.98. The van der Waals surface area contributed by atoms with E-state index in [0.29, 0.717) is 38.1 Å². The summed E-state index contributed by atoms with van der Waals surface area (Å²) in [5.74, 6) is 1.33. The third-order valence-electron chi connectivity index (χ3n) is 4.28. The number of carbonyl (C=O) groups excluding carboxylic acids is 1. The Balaban J connectivity index is 1.59. The molecule has 1 aliphatic rings. The van der Waals surface area contributed by atoms with E-state index in [1.165, 1.54) is 0 Å². The second-order valence-corrected chi connectivity index (χ2v) is 6.18. The van der Waals surface area contributed by atoms with Gasteiger partial charge in [-0.05, 0) is 18.6 Å². The molecular formula is C18H25N7O2. The van der Waals surface area contributed by atoms with Crippen LogP contribution in [0.1, 0.15) is 12.5 Å². The lowest BCUT2D eigenvalue weighted by Gasteiger charge is -2.35. The van der Waals surface area contributed by atoms with Crippen LogP contribution >= 0.6 is 0 Å². The van der Waals surface area contributed by atoms with Gasteiger partial charge in [0.1, 0.15) is 6.54 Å². The topological polar surface area (TPSA) is 87.9 Å². The number of nitrogens with zero attached hydrogens (tertiary/aromatic N) is 6. The Morgan fingerprint density at radius 3 is 2.93 bits per heavy atom. The van der Waals surface area contributed by atoms with E-state index >= 15 is 0 Å². The number of piperazine rings is 1. The molecule has 2 aromatic heterocycles. The lowest BCUT2D eigenvalue weighted by atomic mass is 10.2. The molecule has 144 valence electrons. The Labute approximate surface area is 158 Å². The molecule has 1 amide bonds. The summed E-state index contributed by atoms with van der Waals surface area (Å²) in [5.41, 5.74) is 1.86. The van der Waals surface area contributed by atoms with Gasteiger partial charge in [-0.1, -0.05) is 0 Å². The molecule has 2 aromatic rings. The van der Waals surface area contributed by atoms with Gasteiger partial charge in [0.2, 0.25) is 11.8 Å². The number of hydrogen-bond donors (Lipinski definition) is 1. The fraction of sp³-hybridized carbons (Fsp3) is 0.444. The van der Waals surface area contributed by atoms with Crippen LogP contribution in [0.3, 0.4) is 0 Å². The first-order valence-corrected chi connectivity index (χ1v) is 8.93. The molecule has 3 heterocycles. The summed E-state index contributed by atoms with van der Waals surface area (Å²) in [4.78, 5) is 24.8. The second-order valence-electron chi connectivity index (χ2n) is 6.18. The fourth-order valence-corrected chi connectivity index (χ4v) is 2.98. The Kier molecular flexibility index (Phi) is 5.90. The van der Waals surface area contributed by atoms with Crippen LogP contribution in [0.15, 0.2) is 35.7 Å². The van der Waals surface area contributed by atoms with Crippen LogP contribution in [0.5, 0.6) is 5.88 Å². The summed E-state index contributed by atoms with van der Waals surface area (Å²) in [6.45, 7) is 4.64. The summed E-state index contributed by atoms with van der Waals surface area (Å²) < 4.78 is 7.12. The molecule has 1 fully saturated rings. The number of anilines is 1. The molecule has 0 unspecified atom stereocenters. The first kappa shape index (κ1) is 18.7. The van der Waals surface area contributed by atoms with E-state index in [1.807, 2.05) is 37.2 Å². The second kappa shape index (κ2) is 8.52. The average Bonchev–Trinajstić information content (AvgIpc) is 3.09. The van der Waals surface area contributed by atoms with Crippen LogP contribution in [-0.4, -0.2) is 64.8 Å². The number of aryl methyl sites for hydroxylation is 1. The van der Waals surface area contributed by atoms with Crippen molar-refractivity contribution in [3.05, 3.63) is 36.3 Å². The molecule has 1 saturated heterocycles. The number of guanidine groups is 1. The number of nitrogens with one attached hydrogen (secondary N) is 1. The molecule has 1 aliphatic heterocycles. The van der Waals surface area contributed by atoms with E-state index in [9.17, 15) is 4.79 Å². The van der Waals surface area contributed by atoms with Crippen LogP contribution < -0.4 is 15.0 Å². The lowest BCUT2D eigenvalue weighted by molar-refractivity contribution is -0.120. The molecular weight excluding hydrogens is 346 g/mol. The Morgan fingerprint density at radius 2 is 2.26 bits per heavy atom. The van der Waals surface area contributed by atoms with Crippen molar-refractivity contribution in [2.24, 2.45) is 12.0 Å². The molecule has 9 heteroatoms. The Bertz CT molecular complexity index is 818. The lowest BCUT2D eigenvalue weighted by Crippen LogP contribution is -2.55. The molecule has 9 nitrogen and oxygen atoms in total. The summed E-state index contributed by atoms with van der Waals surface area (Å²) in [7, 11) is 3.56. The highest BCUT2D eigenvalue weighted by Gasteiger charge is 2.27. The van der Waals surface area contributed by atoms with Crippen LogP contribution in [-0.2, 0) is 18.4 Å². The smallest absolute Gasteiger partial charge is 0.246 e. The van der Waals surface area contributed by atoms with Gasteiger partial charge < -0.3 is 19.9 Å². The number of hydrogen-bond acceptors (Lipinski definition) is 5. The largest absolute Gasteiger partial charge is 0.478 e. The zero-order valence-corrected chi connectivity index (χ0v) is 15.9. The predicted molar refractivity (Wildman–Crippen MR) is 103 cm³/mol. The first-order valence-electron chi connectivity index (χ1n) is 8.93. The third kappa shape index (κ3) is 4.55. The third-order valence-corrected chi connectivity index (χ3v) is 4.28. The van der Waals surface area contributed by atoms with Gasteiger partial charge in [-0.15, -0.1) is 0 Å². The maximum absolute atomic E-state index is 12.6. The highest BCUT2D eigenvalue weighted by Crippen LogP contribution is 2.16. The molecule has 0 aromatic carbocycles. The summed E-state index contributed by atoms with van der Waals surface area (Å²) in [6.07, 6.45) is 5.28. The molecule has 0 saturated carbocycles. The zero-order chi connectivity index (χ0) is 19.2. The van der Waals surface area contributed by atoms with E-state index in [1.54, 1.807) is 29.0 Å². The van der Waals surface area contributed by atoms with Crippen molar-refractivity contribution in [3.63, 3.8) is 0 Å². The monoisotopic (exact) mass is 371 g/mol. The number of aromatic nitrogens is 3. The van der Waals surface area contributed by atoms with Crippen LogP contribution in [0, 0.1) is 0 Å². The number of amides is 1. The zero-order valence-electron chi connectivity index (χ0n) is 15.9. The molecule has 3 rings (SSSR count). The molecule has 0 spiro atoms. The number of ether oxygens (including phenoxy) is 1. The molecule has 27 heavy (non-hydrogen) atoms. The van der Waals surface area contributed by atoms with Crippen LogP contribution in [0.4, 0.5) is 5.69 Å². The van der Waals surface area contributed by atoms with Crippen molar-refractivity contribution in [1.82, 2.24) is 25.0 Å². The van der Waals surface area contributed by atoms with Crippen molar-refractivity contribution in [1.29, 1.82) is 0 Å². The molecule has 1 N–H and O–H groups in total. The van der Waals surface area contributed by atoms with Gasteiger partial charge in [-0.25, -0.2) is 4.98 Å². The van der Waals surface area contributed by atoms with Gasteiger partial charge in [-0.2, -0.15) is 5.10 Å². The predicted octanol–water partition coefficient (Wildman–Crippen LogP) is 0.638.